The first kappa shape index (κ1) is 13.5. The van der Waals surface area contributed by atoms with Gasteiger partial charge in [-0.15, -0.1) is 0 Å². The molecule has 1 atom stereocenters. The summed E-state index contributed by atoms with van der Waals surface area (Å²) in [6.07, 6.45) is 2.01. The number of ether oxygens (including phenoxy) is 1. The second-order valence-electron chi connectivity index (χ2n) is 5.41. The number of hydrogen-bond acceptors (Lipinski definition) is 3. The van der Waals surface area contributed by atoms with Gasteiger partial charge in [0.25, 0.3) is 0 Å². The maximum Gasteiger partial charge on any atom is 0.237 e. The Morgan fingerprint density at radius 1 is 1.44 bits per heavy atom. The van der Waals surface area contributed by atoms with Crippen molar-refractivity contribution >= 4 is 5.91 Å². The first-order valence-electron chi connectivity index (χ1n) is 6.06. The van der Waals surface area contributed by atoms with E-state index in [0.29, 0.717) is 6.54 Å². The highest BCUT2D eigenvalue weighted by Crippen LogP contribution is 2.28. The zero-order valence-corrected chi connectivity index (χ0v) is 10.6. The molecule has 0 aromatic heterocycles. The summed E-state index contributed by atoms with van der Waals surface area (Å²) in [6.45, 7) is 8.40. The number of nitrogens with two attached hydrogens (primary N) is 1. The number of nitrogens with one attached hydrogen (secondary N) is 1. The molecule has 0 spiro atoms. The molecular formula is C12H24N2O2. The third-order valence-electron chi connectivity index (χ3n) is 3.41. The first-order valence-corrected chi connectivity index (χ1v) is 6.06. The van der Waals surface area contributed by atoms with Gasteiger partial charge in [0.15, 0.2) is 0 Å². The smallest absolute Gasteiger partial charge is 0.237 e. The fourth-order valence-corrected chi connectivity index (χ4v) is 1.76. The molecule has 1 amide bonds. The van der Waals surface area contributed by atoms with Crippen LogP contribution in [0.15, 0.2) is 0 Å². The predicted octanol–water partition coefficient (Wildman–Crippen LogP) is 0.903. The summed E-state index contributed by atoms with van der Waals surface area (Å²) in [6, 6.07) is -0.400. The topological polar surface area (TPSA) is 64.4 Å². The molecule has 1 aliphatic rings. The third-order valence-corrected chi connectivity index (χ3v) is 3.41. The average Bonchev–Trinajstić information content (AvgIpc) is 2.26. The fraction of sp³-hybridized carbons (Fsp3) is 0.917. The van der Waals surface area contributed by atoms with Crippen LogP contribution in [0.4, 0.5) is 0 Å². The second-order valence-corrected chi connectivity index (χ2v) is 5.41. The highest BCUT2D eigenvalue weighted by molar-refractivity contribution is 5.81. The highest BCUT2D eigenvalue weighted by Gasteiger charge is 2.28. The number of rotatable bonds is 4. The molecular weight excluding hydrogens is 204 g/mol. The highest BCUT2D eigenvalue weighted by atomic mass is 16.5. The van der Waals surface area contributed by atoms with E-state index in [1.54, 1.807) is 0 Å². The maximum atomic E-state index is 11.7. The SMILES string of the molecule is CC(C)C(N)C(=O)NCC1(C)CCOCC1. The van der Waals surface area contributed by atoms with Crippen molar-refractivity contribution in [3.63, 3.8) is 0 Å². The monoisotopic (exact) mass is 228 g/mol. The molecule has 0 aliphatic carbocycles. The molecule has 0 bridgehead atoms. The predicted molar refractivity (Wildman–Crippen MR) is 64.0 cm³/mol. The molecule has 1 heterocycles. The lowest BCUT2D eigenvalue weighted by molar-refractivity contribution is -0.124. The van der Waals surface area contributed by atoms with Gasteiger partial charge in [0.2, 0.25) is 5.91 Å². The Bertz CT molecular complexity index is 235. The minimum Gasteiger partial charge on any atom is -0.381 e. The van der Waals surface area contributed by atoms with Crippen LogP contribution in [0, 0.1) is 11.3 Å². The molecule has 1 aliphatic heterocycles. The molecule has 0 radical (unpaired) electrons. The van der Waals surface area contributed by atoms with E-state index in [0.717, 1.165) is 26.1 Å². The molecule has 1 fully saturated rings. The summed E-state index contributed by atoms with van der Waals surface area (Å²) in [5.74, 6) is 0.144. The Kier molecular flexibility index (Phi) is 4.74. The van der Waals surface area contributed by atoms with Crippen molar-refractivity contribution in [2.24, 2.45) is 17.1 Å². The molecule has 4 nitrogen and oxygen atoms in total. The van der Waals surface area contributed by atoms with E-state index in [9.17, 15) is 4.79 Å². The number of amides is 1. The van der Waals surface area contributed by atoms with Crippen LogP contribution in [0.5, 0.6) is 0 Å². The fourth-order valence-electron chi connectivity index (χ4n) is 1.76. The first-order chi connectivity index (χ1) is 7.44. The van der Waals surface area contributed by atoms with Gasteiger partial charge in [0.1, 0.15) is 0 Å². The van der Waals surface area contributed by atoms with Crippen molar-refractivity contribution < 1.29 is 9.53 Å². The van der Waals surface area contributed by atoms with Crippen LogP contribution < -0.4 is 11.1 Å². The van der Waals surface area contributed by atoms with Gasteiger partial charge in [0, 0.05) is 19.8 Å². The van der Waals surface area contributed by atoms with E-state index in [2.05, 4.69) is 12.2 Å². The maximum absolute atomic E-state index is 11.7. The molecule has 0 aromatic rings. The van der Waals surface area contributed by atoms with Crippen LogP contribution in [0.2, 0.25) is 0 Å². The Morgan fingerprint density at radius 3 is 2.50 bits per heavy atom. The van der Waals surface area contributed by atoms with Crippen LogP contribution in [0.3, 0.4) is 0 Å². The zero-order valence-electron chi connectivity index (χ0n) is 10.6. The standard InChI is InChI=1S/C12H24N2O2/c1-9(2)10(13)11(15)14-8-12(3)4-6-16-7-5-12/h9-10H,4-8,13H2,1-3H3,(H,14,15). The van der Waals surface area contributed by atoms with E-state index in [4.69, 9.17) is 10.5 Å². The van der Waals surface area contributed by atoms with Gasteiger partial charge < -0.3 is 15.8 Å². The van der Waals surface area contributed by atoms with Crippen LogP contribution >= 0.6 is 0 Å². The third kappa shape index (κ3) is 3.76. The average molecular weight is 228 g/mol. The zero-order chi connectivity index (χ0) is 12.2. The molecule has 94 valence electrons. The minimum absolute atomic E-state index is 0.0392. The van der Waals surface area contributed by atoms with Crippen molar-refractivity contribution in [2.75, 3.05) is 19.8 Å². The lowest BCUT2D eigenvalue weighted by atomic mass is 9.82. The summed E-state index contributed by atoms with van der Waals surface area (Å²) in [5, 5.41) is 2.95. The Labute approximate surface area is 97.9 Å². The number of carbonyl (C=O) groups excluding carboxylic acids is 1. The quantitative estimate of drug-likeness (QED) is 0.751. The van der Waals surface area contributed by atoms with Crippen molar-refractivity contribution in [1.82, 2.24) is 5.32 Å². The Hall–Kier alpha value is -0.610. The summed E-state index contributed by atoms with van der Waals surface area (Å²) in [4.78, 5) is 11.7. The number of hydrogen-bond donors (Lipinski definition) is 2. The lowest BCUT2D eigenvalue weighted by Crippen LogP contribution is -2.48. The van der Waals surface area contributed by atoms with E-state index >= 15 is 0 Å². The van der Waals surface area contributed by atoms with Gasteiger partial charge in [-0.2, -0.15) is 0 Å². The van der Waals surface area contributed by atoms with Gasteiger partial charge in [-0.1, -0.05) is 20.8 Å². The van der Waals surface area contributed by atoms with Crippen LogP contribution in [-0.2, 0) is 9.53 Å². The van der Waals surface area contributed by atoms with Crippen molar-refractivity contribution in [2.45, 2.75) is 39.7 Å². The normalized spacial score (nSPS) is 21.8. The Balaban J connectivity index is 2.35. The Morgan fingerprint density at radius 2 is 2.00 bits per heavy atom. The van der Waals surface area contributed by atoms with Gasteiger partial charge in [0.05, 0.1) is 6.04 Å². The van der Waals surface area contributed by atoms with Gasteiger partial charge in [-0.3, -0.25) is 4.79 Å². The second kappa shape index (κ2) is 5.64. The van der Waals surface area contributed by atoms with E-state index in [1.165, 1.54) is 0 Å². The molecule has 0 saturated carbocycles. The van der Waals surface area contributed by atoms with Gasteiger partial charge in [-0.05, 0) is 24.2 Å². The molecule has 1 rings (SSSR count). The minimum atomic E-state index is -0.400. The van der Waals surface area contributed by atoms with Crippen molar-refractivity contribution in [1.29, 1.82) is 0 Å². The summed E-state index contributed by atoms with van der Waals surface area (Å²) < 4.78 is 5.32. The van der Waals surface area contributed by atoms with E-state index in [1.807, 2.05) is 13.8 Å². The van der Waals surface area contributed by atoms with Crippen molar-refractivity contribution in [3.05, 3.63) is 0 Å². The van der Waals surface area contributed by atoms with Gasteiger partial charge in [-0.25, -0.2) is 0 Å². The van der Waals surface area contributed by atoms with Crippen molar-refractivity contribution in [3.8, 4) is 0 Å². The van der Waals surface area contributed by atoms with E-state index in [-0.39, 0.29) is 17.2 Å². The molecule has 16 heavy (non-hydrogen) atoms. The summed E-state index contributed by atoms with van der Waals surface area (Å²) in [7, 11) is 0. The molecule has 4 heteroatoms. The lowest BCUT2D eigenvalue weighted by Gasteiger charge is -2.34. The van der Waals surface area contributed by atoms with Crippen LogP contribution in [0.1, 0.15) is 33.6 Å². The molecule has 1 saturated heterocycles. The summed E-state index contributed by atoms with van der Waals surface area (Å²) >= 11 is 0. The molecule has 1 unspecified atom stereocenters. The number of carbonyl (C=O) groups is 1. The summed E-state index contributed by atoms with van der Waals surface area (Å²) in [5.41, 5.74) is 5.95. The van der Waals surface area contributed by atoms with E-state index < -0.39 is 6.04 Å². The van der Waals surface area contributed by atoms with Gasteiger partial charge >= 0.3 is 0 Å². The largest absolute Gasteiger partial charge is 0.381 e. The van der Waals surface area contributed by atoms with Crippen LogP contribution in [-0.4, -0.2) is 31.7 Å². The van der Waals surface area contributed by atoms with Crippen LogP contribution in [0.25, 0.3) is 0 Å². The molecule has 3 N–H and O–H groups in total. The molecule has 0 aromatic carbocycles.